The molecule has 0 bridgehead atoms. The zero-order valence-electron chi connectivity index (χ0n) is 9.75. The van der Waals surface area contributed by atoms with Crippen molar-refractivity contribution >= 4 is 0 Å². The molecule has 1 heterocycles. The minimum absolute atomic E-state index is 0.167. The van der Waals surface area contributed by atoms with Crippen LogP contribution in [0.1, 0.15) is 47.0 Å². The lowest BCUT2D eigenvalue weighted by molar-refractivity contribution is 0.0501. The molecule has 84 valence electrons. The fourth-order valence-corrected chi connectivity index (χ4v) is 1.99. The first kappa shape index (κ1) is 12.0. The van der Waals surface area contributed by atoms with Gasteiger partial charge in [0.2, 0.25) is 6.29 Å². The third-order valence-corrected chi connectivity index (χ3v) is 3.62. The van der Waals surface area contributed by atoms with E-state index >= 15 is 0 Å². The van der Waals surface area contributed by atoms with Gasteiger partial charge in [0, 0.05) is 5.41 Å². The molecule has 0 aromatic heterocycles. The summed E-state index contributed by atoms with van der Waals surface area (Å²) in [6.45, 7) is 8.97. The van der Waals surface area contributed by atoms with E-state index in [0.29, 0.717) is 5.92 Å². The van der Waals surface area contributed by atoms with Crippen LogP contribution >= 0.6 is 0 Å². The Kier molecular flexibility index (Phi) is 3.93. The van der Waals surface area contributed by atoms with Gasteiger partial charge < -0.3 is 4.74 Å². The molecule has 2 N–H and O–H groups in total. The number of epoxide rings is 1. The molecule has 1 aliphatic rings. The number of rotatable bonds is 6. The Morgan fingerprint density at radius 1 is 1.50 bits per heavy atom. The number of ether oxygens (including phenoxy) is 1. The molecule has 14 heavy (non-hydrogen) atoms. The summed E-state index contributed by atoms with van der Waals surface area (Å²) in [7, 11) is 0. The molecular formula is C11H23NO2. The first-order valence-electron chi connectivity index (χ1n) is 5.57. The fraction of sp³-hybridized carbons (Fsp3) is 1.00. The van der Waals surface area contributed by atoms with Crippen LogP contribution in [-0.2, 0) is 9.57 Å². The smallest absolute Gasteiger partial charge is 0.204 e. The van der Waals surface area contributed by atoms with Crippen LogP contribution in [0, 0.1) is 11.3 Å². The molecule has 1 fully saturated rings. The SMILES string of the molecule is CCCC[C@](C)(C(C)C)C1OC1ON. The molecule has 0 radical (unpaired) electrons. The van der Waals surface area contributed by atoms with Gasteiger partial charge >= 0.3 is 0 Å². The number of unbranched alkanes of at least 4 members (excludes halogenated alkanes) is 1. The van der Waals surface area contributed by atoms with Gasteiger partial charge in [-0.25, -0.2) is 5.90 Å². The second kappa shape index (κ2) is 4.60. The molecule has 0 aromatic carbocycles. The van der Waals surface area contributed by atoms with E-state index in [9.17, 15) is 0 Å². The average molecular weight is 201 g/mol. The van der Waals surface area contributed by atoms with E-state index in [1.807, 2.05) is 0 Å². The summed E-state index contributed by atoms with van der Waals surface area (Å²) in [5.41, 5.74) is 0.208. The highest BCUT2D eigenvalue weighted by atomic mass is 16.8. The highest BCUT2D eigenvalue weighted by Crippen LogP contribution is 2.47. The molecule has 2 unspecified atom stereocenters. The van der Waals surface area contributed by atoms with Crippen molar-refractivity contribution in [3.63, 3.8) is 0 Å². The van der Waals surface area contributed by atoms with Crippen LogP contribution < -0.4 is 5.90 Å². The summed E-state index contributed by atoms with van der Waals surface area (Å²) >= 11 is 0. The Bertz CT molecular complexity index is 184. The second-order valence-electron chi connectivity index (χ2n) is 4.83. The highest BCUT2D eigenvalue weighted by molar-refractivity contribution is 4.95. The summed E-state index contributed by atoms with van der Waals surface area (Å²) in [6, 6.07) is 0. The molecule has 0 aromatic rings. The van der Waals surface area contributed by atoms with Crippen LogP contribution in [0.15, 0.2) is 0 Å². The molecular weight excluding hydrogens is 178 g/mol. The van der Waals surface area contributed by atoms with E-state index in [1.165, 1.54) is 19.3 Å². The van der Waals surface area contributed by atoms with Crippen molar-refractivity contribution in [3.05, 3.63) is 0 Å². The van der Waals surface area contributed by atoms with Crippen molar-refractivity contribution < 1.29 is 9.57 Å². The summed E-state index contributed by atoms with van der Waals surface area (Å²) in [6.07, 6.45) is 3.68. The van der Waals surface area contributed by atoms with Crippen LogP contribution in [0.4, 0.5) is 0 Å². The zero-order chi connectivity index (χ0) is 10.8. The monoisotopic (exact) mass is 201 g/mol. The van der Waals surface area contributed by atoms with Crippen molar-refractivity contribution in [2.45, 2.75) is 59.4 Å². The third-order valence-electron chi connectivity index (χ3n) is 3.62. The van der Waals surface area contributed by atoms with Crippen LogP contribution in [0.5, 0.6) is 0 Å². The highest BCUT2D eigenvalue weighted by Gasteiger charge is 2.54. The topological polar surface area (TPSA) is 47.8 Å². The molecule has 0 spiro atoms. The molecule has 1 saturated heterocycles. The lowest BCUT2D eigenvalue weighted by Gasteiger charge is -2.32. The van der Waals surface area contributed by atoms with E-state index in [4.69, 9.17) is 15.5 Å². The molecule has 1 rings (SSSR count). The maximum atomic E-state index is 5.44. The predicted octanol–water partition coefficient (Wildman–Crippen LogP) is 2.45. The van der Waals surface area contributed by atoms with Crippen LogP contribution in [0.3, 0.4) is 0 Å². The standard InChI is InChI=1S/C11H23NO2/c1-5-6-7-11(4,8(2)3)9-10(13-9)14-12/h8-10H,5-7,12H2,1-4H3/t9?,10?,11-/m1/s1. The van der Waals surface area contributed by atoms with Gasteiger partial charge in [0.15, 0.2) is 0 Å². The lowest BCUT2D eigenvalue weighted by atomic mass is 9.72. The zero-order valence-corrected chi connectivity index (χ0v) is 9.75. The molecule has 0 aliphatic carbocycles. The molecule has 3 heteroatoms. The number of hydrogen-bond donors (Lipinski definition) is 1. The summed E-state index contributed by atoms with van der Waals surface area (Å²) in [5.74, 6) is 5.72. The minimum atomic E-state index is -0.167. The Labute approximate surface area is 86.9 Å². The van der Waals surface area contributed by atoms with Gasteiger partial charge in [-0.05, 0) is 12.3 Å². The van der Waals surface area contributed by atoms with Crippen LogP contribution in [-0.4, -0.2) is 12.4 Å². The fourth-order valence-electron chi connectivity index (χ4n) is 1.99. The van der Waals surface area contributed by atoms with Crippen molar-refractivity contribution in [2.24, 2.45) is 17.2 Å². The first-order valence-corrected chi connectivity index (χ1v) is 5.57. The molecule has 3 atom stereocenters. The predicted molar refractivity (Wildman–Crippen MR) is 56.4 cm³/mol. The quantitative estimate of drug-likeness (QED) is 0.530. The maximum Gasteiger partial charge on any atom is 0.204 e. The van der Waals surface area contributed by atoms with E-state index in [0.717, 1.165) is 0 Å². The van der Waals surface area contributed by atoms with Crippen molar-refractivity contribution in [2.75, 3.05) is 0 Å². The van der Waals surface area contributed by atoms with Crippen molar-refractivity contribution in [3.8, 4) is 0 Å². The third kappa shape index (κ3) is 2.27. The van der Waals surface area contributed by atoms with E-state index < -0.39 is 0 Å². The maximum absolute atomic E-state index is 5.44. The van der Waals surface area contributed by atoms with E-state index in [-0.39, 0.29) is 17.8 Å². The van der Waals surface area contributed by atoms with Gasteiger partial charge in [-0.1, -0.05) is 40.5 Å². The second-order valence-corrected chi connectivity index (χ2v) is 4.83. The summed E-state index contributed by atoms with van der Waals surface area (Å²) in [5, 5.41) is 0. The van der Waals surface area contributed by atoms with Gasteiger partial charge in [-0.2, -0.15) is 0 Å². The first-order chi connectivity index (χ1) is 6.56. The Hall–Kier alpha value is -0.120. The van der Waals surface area contributed by atoms with Gasteiger partial charge in [0.05, 0.1) is 0 Å². The normalized spacial score (nSPS) is 30.4. The van der Waals surface area contributed by atoms with Crippen molar-refractivity contribution in [1.82, 2.24) is 0 Å². The molecule has 3 nitrogen and oxygen atoms in total. The number of nitrogens with two attached hydrogens (primary N) is 1. The van der Waals surface area contributed by atoms with Crippen LogP contribution in [0.2, 0.25) is 0 Å². The summed E-state index contributed by atoms with van der Waals surface area (Å²) in [4.78, 5) is 4.73. The average Bonchev–Trinajstić information content (AvgIpc) is 2.93. The van der Waals surface area contributed by atoms with Crippen LogP contribution in [0.25, 0.3) is 0 Å². The van der Waals surface area contributed by atoms with Gasteiger partial charge in [0.1, 0.15) is 6.10 Å². The number of hydrogen-bond acceptors (Lipinski definition) is 3. The van der Waals surface area contributed by atoms with Gasteiger partial charge in [-0.15, -0.1) is 0 Å². The summed E-state index contributed by atoms with van der Waals surface area (Å²) < 4.78 is 5.44. The lowest BCUT2D eigenvalue weighted by Crippen LogP contribution is -2.32. The van der Waals surface area contributed by atoms with Gasteiger partial charge in [0.25, 0.3) is 0 Å². The molecule has 0 amide bonds. The Morgan fingerprint density at radius 2 is 2.14 bits per heavy atom. The van der Waals surface area contributed by atoms with Gasteiger partial charge in [-0.3, -0.25) is 4.84 Å². The van der Waals surface area contributed by atoms with E-state index in [2.05, 4.69) is 27.7 Å². The molecule has 1 aliphatic heterocycles. The van der Waals surface area contributed by atoms with E-state index in [1.54, 1.807) is 0 Å². The molecule has 0 saturated carbocycles. The van der Waals surface area contributed by atoms with Crippen molar-refractivity contribution in [1.29, 1.82) is 0 Å². The Balaban J connectivity index is 2.54. The largest absolute Gasteiger partial charge is 0.339 e. The minimum Gasteiger partial charge on any atom is -0.339 e. The Morgan fingerprint density at radius 3 is 2.50 bits per heavy atom.